The van der Waals surface area contributed by atoms with Crippen molar-refractivity contribution in [1.29, 1.82) is 0 Å². The number of rotatable bonds is 2. The van der Waals surface area contributed by atoms with Crippen LogP contribution in [0.4, 0.5) is 0 Å². The summed E-state index contributed by atoms with van der Waals surface area (Å²) >= 11 is 8.29. The maximum Gasteiger partial charge on any atom is 0.335 e. The van der Waals surface area contributed by atoms with Crippen LogP contribution in [0.5, 0.6) is 0 Å². The van der Waals surface area contributed by atoms with Gasteiger partial charge < -0.3 is 4.57 Å². The van der Waals surface area contributed by atoms with Crippen LogP contribution in [0.1, 0.15) is 15.1 Å². The molecule has 3 rings (SSSR count). The number of benzene rings is 1. The average Bonchev–Trinajstić information content (AvgIpc) is 2.88. The number of aromatic nitrogens is 3. The molecule has 0 saturated heterocycles. The van der Waals surface area contributed by atoms with Crippen LogP contribution >= 0.6 is 52.6 Å². The third kappa shape index (κ3) is 2.86. The highest BCUT2D eigenvalue weighted by atomic mass is 79.9. The lowest BCUT2D eigenvalue weighted by atomic mass is 10.2. The fourth-order valence-electron chi connectivity index (χ4n) is 2.32. The SMILES string of the molecule is Cc1cc(=O)n(-c2cc3c(C(Br)Br)nsc3cc2P)c(=O)n1C. The zero-order valence-corrected chi connectivity index (χ0v) is 17.4. The normalized spacial score (nSPS) is 11.6. The van der Waals surface area contributed by atoms with Crippen molar-refractivity contribution in [2.45, 2.75) is 10.7 Å². The number of fused-ring (bicyclic) bond motifs is 1. The fourth-order valence-corrected chi connectivity index (χ4v) is 4.63. The van der Waals surface area contributed by atoms with E-state index in [1.54, 1.807) is 14.0 Å². The molecule has 1 atom stereocenters. The molecule has 2 heterocycles. The highest BCUT2D eigenvalue weighted by Crippen LogP contribution is 2.36. The molecule has 0 aliphatic heterocycles. The van der Waals surface area contributed by atoms with Crippen LogP contribution in [0.2, 0.25) is 0 Å². The quantitative estimate of drug-likeness (QED) is 0.422. The summed E-state index contributed by atoms with van der Waals surface area (Å²) in [5, 5.41) is 1.68. The molecular formula is C14H12Br2N3O2PS. The lowest BCUT2D eigenvalue weighted by molar-refractivity contribution is 0.715. The van der Waals surface area contributed by atoms with Crippen molar-refractivity contribution in [3.05, 3.63) is 50.4 Å². The van der Waals surface area contributed by atoms with Gasteiger partial charge >= 0.3 is 5.69 Å². The van der Waals surface area contributed by atoms with Gasteiger partial charge in [-0.3, -0.25) is 4.79 Å². The maximum absolute atomic E-state index is 12.5. The zero-order chi connectivity index (χ0) is 16.9. The Morgan fingerprint density at radius 1 is 1.26 bits per heavy atom. The topological polar surface area (TPSA) is 56.9 Å². The van der Waals surface area contributed by atoms with Gasteiger partial charge in [0.05, 0.1) is 16.1 Å². The summed E-state index contributed by atoms with van der Waals surface area (Å²) in [5.74, 6) is 0. The minimum absolute atomic E-state index is 0.0930. The van der Waals surface area contributed by atoms with Gasteiger partial charge in [-0.2, -0.15) is 4.37 Å². The molecule has 0 amide bonds. The van der Waals surface area contributed by atoms with E-state index in [0.29, 0.717) is 11.4 Å². The molecule has 5 nitrogen and oxygen atoms in total. The van der Waals surface area contributed by atoms with Crippen LogP contribution in [0, 0.1) is 6.92 Å². The Morgan fingerprint density at radius 2 is 1.96 bits per heavy atom. The van der Waals surface area contributed by atoms with E-state index in [-0.39, 0.29) is 15.0 Å². The Kier molecular flexibility index (Phi) is 4.62. The lowest BCUT2D eigenvalue weighted by Gasteiger charge is -2.12. The molecule has 0 spiro atoms. The monoisotopic (exact) mass is 475 g/mol. The molecule has 1 unspecified atom stereocenters. The van der Waals surface area contributed by atoms with Crippen LogP contribution in [0.15, 0.2) is 27.8 Å². The first-order valence-electron chi connectivity index (χ1n) is 6.58. The number of aryl methyl sites for hydroxylation is 1. The van der Waals surface area contributed by atoms with E-state index in [2.05, 4.69) is 45.5 Å². The first-order valence-corrected chi connectivity index (χ1v) is 9.76. The molecular weight excluding hydrogens is 465 g/mol. The second-order valence-corrected chi connectivity index (χ2v) is 9.56. The third-order valence-electron chi connectivity index (χ3n) is 3.65. The van der Waals surface area contributed by atoms with E-state index in [0.717, 1.165) is 21.1 Å². The van der Waals surface area contributed by atoms with Gasteiger partial charge in [-0.1, -0.05) is 31.9 Å². The summed E-state index contributed by atoms with van der Waals surface area (Å²) in [4.78, 5) is 24.9. The van der Waals surface area contributed by atoms with Gasteiger partial charge in [0, 0.05) is 24.2 Å². The van der Waals surface area contributed by atoms with Crippen molar-refractivity contribution >= 4 is 68.0 Å². The van der Waals surface area contributed by atoms with Crippen LogP contribution in [0.3, 0.4) is 0 Å². The van der Waals surface area contributed by atoms with Crippen molar-refractivity contribution in [3.63, 3.8) is 0 Å². The van der Waals surface area contributed by atoms with Crippen molar-refractivity contribution in [2.24, 2.45) is 7.05 Å². The minimum atomic E-state index is -0.364. The number of hydrogen-bond donors (Lipinski definition) is 0. The van der Waals surface area contributed by atoms with Gasteiger partial charge in [-0.25, -0.2) is 9.36 Å². The van der Waals surface area contributed by atoms with Crippen LogP contribution in [-0.2, 0) is 7.05 Å². The first-order chi connectivity index (χ1) is 10.8. The smallest absolute Gasteiger partial charge is 0.301 e. The van der Waals surface area contributed by atoms with Gasteiger partial charge in [0.15, 0.2) is 0 Å². The summed E-state index contributed by atoms with van der Waals surface area (Å²) in [7, 11) is 4.24. The Balaban J connectivity index is 2.40. The molecule has 0 aliphatic carbocycles. The summed E-state index contributed by atoms with van der Waals surface area (Å²) in [5.41, 5.74) is 1.30. The standard InChI is InChI=1S/C14H12Br2N3O2PS/c1-6-3-11(20)19(14(21)18(6)2)8-4-7-10(5-9(8)22)23-17-12(7)13(15)16/h3-5,13H,22H2,1-2H3. The van der Waals surface area contributed by atoms with Crippen molar-refractivity contribution < 1.29 is 0 Å². The average molecular weight is 477 g/mol. The number of halogens is 2. The minimum Gasteiger partial charge on any atom is -0.301 e. The predicted molar refractivity (Wildman–Crippen MR) is 105 cm³/mol. The zero-order valence-electron chi connectivity index (χ0n) is 12.2. The molecule has 120 valence electrons. The van der Waals surface area contributed by atoms with Gasteiger partial charge in [0.2, 0.25) is 0 Å². The fraction of sp³-hybridized carbons (Fsp3) is 0.214. The highest BCUT2D eigenvalue weighted by Gasteiger charge is 2.17. The highest BCUT2D eigenvalue weighted by molar-refractivity contribution is 9.24. The Morgan fingerprint density at radius 3 is 2.61 bits per heavy atom. The largest absolute Gasteiger partial charge is 0.335 e. The van der Waals surface area contributed by atoms with Crippen LogP contribution in [-0.4, -0.2) is 13.5 Å². The van der Waals surface area contributed by atoms with E-state index >= 15 is 0 Å². The van der Waals surface area contributed by atoms with E-state index in [1.807, 2.05) is 12.1 Å². The molecule has 9 heteroatoms. The molecule has 0 fully saturated rings. The van der Waals surface area contributed by atoms with Gasteiger partial charge in [-0.05, 0) is 35.9 Å². The summed E-state index contributed by atoms with van der Waals surface area (Å²) in [6.07, 6.45) is 0. The lowest BCUT2D eigenvalue weighted by Crippen LogP contribution is -2.39. The molecule has 0 aliphatic rings. The predicted octanol–water partition coefficient (Wildman–Crippen LogP) is 2.74. The van der Waals surface area contributed by atoms with Gasteiger partial charge in [0.1, 0.15) is 3.74 Å². The Bertz CT molecular complexity index is 1040. The molecule has 2 aromatic heterocycles. The van der Waals surface area contributed by atoms with E-state index in [1.165, 1.54) is 26.7 Å². The molecule has 0 bridgehead atoms. The molecule has 3 aromatic rings. The molecule has 0 N–H and O–H groups in total. The summed E-state index contributed by atoms with van der Waals surface area (Å²) in [6, 6.07) is 5.22. The van der Waals surface area contributed by atoms with Gasteiger partial charge in [-0.15, -0.1) is 9.24 Å². The second kappa shape index (κ2) is 6.24. The molecule has 23 heavy (non-hydrogen) atoms. The van der Waals surface area contributed by atoms with E-state index < -0.39 is 0 Å². The van der Waals surface area contributed by atoms with Crippen molar-refractivity contribution in [3.8, 4) is 5.69 Å². The number of alkyl halides is 2. The first kappa shape index (κ1) is 17.0. The number of hydrogen-bond acceptors (Lipinski definition) is 4. The van der Waals surface area contributed by atoms with Crippen LogP contribution in [0.25, 0.3) is 15.8 Å². The molecule has 1 aromatic carbocycles. The van der Waals surface area contributed by atoms with E-state index in [4.69, 9.17) is 0 Å². The van der Waals surface area contributed by atoms with Crippen molar-refractivity contribution in [2.75, 3.05) is 0 Å². The summed E-state index contributed by atoms with van der Waals surface area (Å²) in [6.45, 7) is 1.74. The Labute approximate surface area is 155 Å². The summed E-state index contributed by atoms with van der Waals surface area (Å²) < 4.78 is 7.96. The molecule has 0 saturated carbocycles. The second-order valence-electron chi connectivity index (χ2n) is 5.08. The Hall–Kier alpha value is -0.820. The van der Waals surface area contributed by atoms with Crippen LogP contribution < -0.4 is 16.6 Å². The molecule has 0 radical (unpaired) electrons. The van der Waals surface area contributed by atoms with Crippen molar-refractivity contribution in [1.82, 2.24) is 13.5 Å². The third-order valence-corrected chi connectivity index (χ3v) is 5.81. The van der Waals surface area contributed by atoms with E-state index in [9.17, 15) is 9.59 Å². The maximum atomic E-state index is 12.5. The number of nitrogens with zero attached hydrogens (tertiary/aromatic N) is 3. The van der Waals surface area contributed by atoms with Gasteiger partial charge in [0.25, 0.3) is 5.56 Å².